The van der Waals surface area contributed by atoms with Crippen molar-refractivity contribution in [2.75, 3.05) is 11.1 Å². The van der Waals surface area contributed by atoms with Crippen LogP contribution in [-0.2, 0) is 6.54 Å². The number of nitrogen functional groups attached to an aromatic ring is 1. The molecule has 0 radical (unpaired) electrons. The van der Waals surface area contributed by atoms with Crippen molar-refractivity contribution >= 4 is 22.7 Å². The molecule has 2 rings (SSSR count). The van der Waals surface area contributed by atoms with Crippen molar-refractivity contribution < 1.29 is 4.39 Å². The van der Waals surface area contributed by atoms with E-state index in [-0.39, 0.29) is 5.82 Å². The quantitative estimate of drug-likeness (QED) is 0.783. The van der Waals surface area contributed by atoms with Crippen LogP contribution in [0.25, 0.3) is 0 Å². The second kappa shape index (κ2) is 4.31. The smallest absolute Gasteiger partial charge is 0.148 e. The summed E-state index contributed by atoms with van der Waals surface area (Å²) in [7, 11) is 0. The van der Waals surface area contributed by atoms with Crippen LogP contribution in [0.15, 0.2) is 35.7 Å². The molecule has 0 aliphatic carbocycles. The highest BCUT2D eigenvalue weighted by atomic mass is 32.1. The Kier molecular flexibility index (Phi) is 2.87. The molecular formula is C11H11FN2S. The number of anilines is 2. The van der Waals surface area contributed by atoms with E-state index in [1.165, 1.54) is 6.07 Å². The predicted molar refractivity (Wildman–Crippen MR) is 62.5 cm³/mol. The molecule has 0 saturated heterocycles. The highest BCUT2D eigenvalue weighted by Gasteiger charge is 2.04. The average molecular weight is 222 g/mol. The normalized spacial score (nSPS) is 10.2. The van der Waals surface area contributed by atoms with Gasteiger partial charge in [-0.3, -0.25) is 0 Å². The summed E-state index contributed by atoms with van der Waals surface area (Å²) in [5.41, 5.74) is 6.48. The Hall–Kier alpha value is -1.55. The molecule has 0 aliphatic rings. The van der Waals surface area contributed by atoms with Gasteiger partial charge in [0.1, 0.15) is 5.82 Å². The SMILES string of the molecule is Nc1cccc(F)c1NCc1cccs1. The Labute approximate surface area is 91.5 Å². The lowest BCUT2D eigenvalue weighted by atomic mass is 10.2. The molecule has 0 saturated carbocycles. The summed E-state index contributed by atoms with van der Waals surface area (Å²) in [5, 5.41) is 4.98. The van der Waals surface area contributed by atoms with Gasteiger partial charge in [-0.25, -0.2) is 4.39 Å². The molecule has 0 spiro atoms. The lowest BCUT2D eigenvalue weighted by molar-refractivity contribution is 0.631. The zero-order valence-electron chi connectivity index (χ0n) is 8.03. The number of hydrogen-bond donors (Lipinski definition) is 2. The summed E-state index contributed by atoms with van der Waals surface area (Å²) in [5.74, 6) is -0.313. The molecule has 0 unspecified atom stereocenters. The highest BCUT2D eigenvalue weighted by Crippen LogP contribution is 2.23. The van der Waals surface area contributed by atoms with Crippen LogP contribution in [0.2, 0.25) is 0 Å². The molecule has 2 aromatic rings. The Morgan fingerprint density at radius 1 is 1.27 bits per heavy atom. The number of hydrogen-bond acceptors (Lipinski definition) is 3. The Morgan fingerprint density at radius 3 is 2.80 bits per heavy atom. The van der Waals surface area contributed by atoms with E-state index in [0.717, 1.165) is 4.88 Å². The molecule has 15 heavy (non-hydrogen) atoms. The fraction of sp³-hybridized carbons (Fsp3) is 0.0909. The molecule has 0 fully saturated rings. The third kappa shape index (κ3) is 2.27. The number of thiophene rings is 1. The Balaban J connectivity index is 2.11. The third-order valence-corrected chi connectivity index (χ3v) is 2.94. The van der Waals surface area contributed by atoms with Gasteiger partial charge in [0.05, 0.1) is 11.4 Å². The van der Waals surface area contributed by atoms with Crippen molar-refractivity contribution in [2.45, 2.75) is 6.54 Å². The number of para-hydroxylation sites is 1. The van der Waals surface area contributed by atoms with Gasteiger partial charge in [0.15, 0.2) is 0 Å². The molecule has 1 aromatic heterocycles. The van der Waals surface area contributed by atoms with Gasteiger partial charge < -0.3 is 11.1 Å². The minimum atomic E-state index is -0.313. The standard InChI is InChI=1S/C11H11FN2S/c12-9-4-1-5-10(13)11(9)14-7-8-3-2-6-15-8/h1-6,14H,7,13H2. The van der Waals surface area contributed by atoms with Crippen molar-refractivity contribution in [1.29, 1.82) is 0 Å². The first-order valence-corrected chi connectivity index (χ1v) is 5.45. The minimum Gasteiger partial charge on any atom is -0.397 e. The van der Waals surface area contributed by atoms with E-state index in [1.54, 1.807) is 23.5 Å². The van der Waals surface area contributed by atoms with Crippen LogP contribution in [0.5, 0.6) is 0 Å². The number of rotatable bonds is 3. The van der Waals surface area contributed by atoms with Crippen LogP contribution in [0.3, 0.4) is 0 Å². The summed E-state index contributed by atoms with van der Waals surface area (Å²) in [6, 6.07) is 8.63. The van der Waals surface area contributed by atoms with Gasteiger partial charge in [-0.15, -0.1) is 11.3 Å². The fourth-order valence-electron chi connectivity index (χ4n) is 1.32. The number of benzene rings is 1. The first-order chi connectivity index (χ1) is 7.27. The van der Waals surface area contributed by atoms with E-state index in [0.29, 0.717) is 17.9 Å². The van der Waals surface area contributed by atoms with Crippen LogP contribution in [-0.4, -0.2) is 0 Å². The maximum atomic E-state index is 13.3. The molecule has 1 heterocycles. The summed E-state index contributed by atoms with van der Waals surface area (Å²) >= 11 is 1.63. The van der Waals surface area contributed by atoms with Crippen molar-refractivity contribution in [1.82, 2.24) is 0 Å². The topological polar surface area (TPSA) is 38.0 Å². The van der Waals surface area contributed by atoms with E-state index in [2.05, 4.69) is 5.32 Å². The molecule has 0 atom stereocenters. The summed E-state index contributed by atoms with van der Waals surface area (Å²) in [6.07, 6.45) is 0. The van der Waals surface area contributed by atoms with Gasteiger partial charge in [-0.2, -0.15) is 0 Å². The molecule has 1 aromatic carbocycles. The molecule has 0 bridgehead atoms. The first-order valence-electron chi connectivity index (χ1n) is 4.57. The van der Waals surface area contributed by atoms with E-state index in [1.807, 2.05) is 17.5 Å². The minimum absolute atomic E-state index is 0.313. The average Bonchev–Trinajstić information content (AvgIpc) is 2.70. The summed E-state index contributed by atoms with van der Waals surface area (Å²) in [4.78, 5) is 1.15. The first kappa shape index (κ1) is 9.98. The second-order valence-corrected chi connectivity index (χ2v) is 4.17. The molecular weight excluding hydrogens is 211 g/mol. The van der Waals surface area contributed by atoms with E-state index in [4.69, 9.17) is 5.73 Å². The zero-order valence-corrected chi connectivity index (χ0v) is 8.85. The van der Waals surface area contributed by atoms with Crippen LogP contribution in [0, 0.1) is 5.82 Å². The Bertz CT molecular complexity index is 420. The maximum Gasteiger partial charge on any atom is 0.148 e. The molecule has 2 nitrogen and oxygen atoms in total. The van der Waals surface area contributed by atoms with Gasteiger partial charge in [0.25, 0.3) is 0 Å². The molecule has 0 aliphatic heterocycles. The number of halogens is 1. The third-order valence-electron chi connectivity index (χ3n) is 2.07. The Morgan fingerprint density at radius 2 is 2.13 bits per heavy atom. The van der Waals surface area contributed by atoms with E-state index >= 15 is 0 Å². The van der Waals surface area contributed by atoms with Crippen LogP contribution in [0.1, 0.15) is 4.88 Å². The molecule has 3 N–H and O–H groups in total. The van der Waals surface area contributed by atoms with Crippen LogP contribution >= 0.6 is 11.3 Å². The lowest BCUT2D eigenvalue weighted by Gasteiger charge is -2.08. The fourth-order valence-corrected chi connectivity index (χ4v) is 1.96. The van der Waals surface area contributed by atoms with Crippen molar-refractivity contribution in [3.05, 3.63) is 46.4 Å². The largest absolute Gasteiger partial charge is 0.397 e. The van der Waals surface area contributed by atoms with Crippen LogP contribution in [0.4, 0.5) is 15.8 Å². The molecule has 4 heteroatoms. The van der Waals surface area contributed by atoms with Gasteiger partial charge in [0.2, 0.25) is 0 Å². The molecule has 0 amide bonds. The van der Waals surface area contributed by atoms with E-state index in [9.17, 15) is 4.39 Å². The van der Waals surface area contributed by atoms with Gasteiger partial charge in [0, 0.05) is 11.4 Å². The highest BCUT2D eigenvalue weighted by molar-refractivity contribution is 7.09. The van der Waals surface area contributed by atoms with Crippen LogP contribution < -0.4 is 11.1 Å². The van der Waals surface area contributed by atoms with Gasteiger partial charge in [-0.05, 0) is 23.6 Å². The predicted octanol–water partition coefficient (Wildman–Crippen LogP) is 3.08. The van der Waals surface area contributed by atoms with E-state index < -0.39 is 0 Å². The summed E-state index contributed by atoms with van der Waals surface area (Å²) < 4.78 is 13.3. The zero-order chi connectivity index (χ0) is 10.7. The number of nitrogens with one attached hydrogen (secondary N) is 1. The monoisotopic (exact) mass is 222 g/mol. The number of nitrogens with two attached hydrogens (primary N) is 1. The van der Waals surface area contributed by atoms with Gasteiger partial charge in [-0.1, -0.05) is 12.1 Å². The van der Waals surface area contributed by atoms with Crippen molar-refractivity contribution in [3.63, 3.8) is 0 Å². The second-order valence-electron chi connectivity index (χ2n) is 3.14. The lowest BCUT2D eigenvalue weighted by Crippen LogP contribution is -2.03. The van der Waals surface area contributed by atoms with Gasteiger partial charge >= 0.3 is 0 Å². The van der Waals surface area contributed by atoms with Crippen molar-refractivity contribution in [3.8, 4) is 0 Å². The summed E-state index contributed by atoms with van der Waals surface area (Å²) in [6.45, 7) is 0.600. The van der Waals surface area contributed by atoms with Crippen molar-refractivity contribution in [2.24, 2.45) is 0 Å². The molecule has 78 valence electrons. The maximum absolute atomic E-state index is 13.3.